The molecule has 9 heteroatoms. The Morgan fingerprint density at radius 2 is 1.45 bits per heavy atom. The largest absolute Gasteiger partial charge is 0.246 e. The number of sulfonamides is 2. The molecule has 0 atom stereocenters. The zero-order chi connectivity index (χ0) is 15.0. The Hall–Kier alpha value is -1.03. The van der Waals surface area contributed by atoms with Gasteiger partial charge in [0.2, 0.25) is 20.0 Å². The molecule has 6 nitrogen and oxygen atoms in total. The summed E-state index contributed by atoms with van der Waals surface area (Å²) in [6.07, 6.45) is 1.08. The first-order chi connectivity index (χ1) is 9.23. The Balaban J connectivity index is 2.20. The molecule has 0 unspecified atom stereocenters. The Bertz CT molecular complexity index is 695. The van der Waals surface area contributed by atoms with Gasteiger partial charge in [-0.15, -0.1) is 0 Å². The zero-order valence-corrected chi connectivity index (χ0v) is 12.5. The van der Waals surface area contributed by atoms with Crippen LogP contribution in [0.15, 0.2) is 29.2 Å². The molecule has 1 fully saturated rings. The van der Waals surface area contributed by atoms with E-state index in [1.165, 1.54) is 22.5 Å². The molecule has 0 amide bonds. The van der Waals surface area contributed by atoms with Gasteiger partial charge in [-0.1, -0.05) is 12.1 Å². The molecule has 1 aromatic carbocycles. The average molecular weight is 322 g/mol. The molecule has 0 aliphatic carbocycles. The minimum absolute atomic E-state index is 0.0176. The van der Waals surface area contributed by atoms with Crippen molar-refractivity contribution >= 4 is 20.0 Å². The summed E-state index contributed by atoms with van der Waals surface area (Å²) in [6, 6.07) is 5.14. The minimum Gasteiger partial charge on any atom is -0.213 e. The monoisotopic (exact) mass is 322 g/mol. The van der Waals surface area contributed by atoms with Gasteiger partial charge in [-0.2, -0.15) is 8.61 Å². The maximum Gasteiger partial charge on any atom is 0.246 e. The predicted molar refractivity (Wildman–Crippen MR) is 71.6 cm³/mol. The van der Waals surface area contributed by atoms with Gasteiger partial charge in [-0.25, -0.2) is 21.2 Å². The van der Waals surface area contributed by atoms with Crippen LogP contribution in [0.4, 0.5) is 4.39 Å². The molecule has 0 bridgehead atoms. The van der Waals surface area contributed by atoms with E-state index in [0.29, 0.717) is 0 Å². The van der Waals surface area contributed by atoms with Crippen LogP contribution in [0.25, 0.3) is 0 Å². The van der Waals surface area contributed by atoms with Crippen LogP contribution in [0.2, 0.25) is 0 Å². The number of rotatable bonds is 3. The van der Waals surface area contributed by atoms with Crippen LogP contribution in [-0.4, -0.2) is 57.9 Å². The van der Waals surface area contributed by atoms with E-state index in [1.54, 1.807) is 0 Å². The fraction of sp³-hybridized carbons (Fsp3) is 0.455. The first kappa shape index (κ1) is 15.4. The SMILES string of the molecule is CS(=O)(=O)N1CCN(S(=O)(=O)c2ccccc2F)CC1. The normalized spacial score (nSPS) is 19.1. The van der Waals surface area contributed by atoms with E-state index in [0.717, 1.165) is 16.6 Å². The van der Waals surface area contributed by atoms with Crippen molar-refractivity contribution in [2.75, 3.05) is 32.4 Å². The molecule has 0 radical (unpaired) electrons. The van der Waals surface area contributed by atoms with Crippen molar-refractivity contribution in [2.24, 2.45) is 0 Å². The Labute approximate surface area is 117 Å². The Morgan fingerprint density at radius 1 is 0.950 bits per heavy atom. The number of hydrogen-bond donors (Lipinski definition) is 0. The van der Waals surface area contributed by atoms with Gasteiger partial charge in [0.1, 0.15) is 10.7 Å². The molecule has 0 aromatic heterocycles. The summed E-state index contributed by atoms with van der Waals surface area (Å²) in [6.45, 7) is 0.187. The van der Waals surface area contributed by atoms with Crippen LogP contribution in [0.3, 0.4) is 0 Å². The molecule has 0 N–H and O–H groups in total. The maximum absolute atomic E-state index is 13.6. The zero-order valence-electron chi connectivity index (χ0n) is 10.9. The molecule has 1 aliphatic heterocycles. The lowest BCUT2D eigenvalue weighted by molar-refractivity contribution is 0.273. The molecular weight excluding hydrogens is 307 g/mol. The van der Waals surface area contributed by atoms with E-state index >= 15 is 0 Å². The summed E-state index contributed by atoms with van der Waals surface area (Å²) in [7, 11) is -7.25. The van der Waals surface area contributed by atoms with E-state index in [4.69, 9.17) is 0 Å². The van der Waals surface area contributed by atoms with E-state index in [-0.39, 0.29) is 31.1 Å². The Kier molecular flexibility index (Phi) is 4.14. The van der Waals surface area contributed by atoms with Crippen LogP contribution in [0, 0.1) is 5.82 Å². The van der Waals surface area contributed by atoms with Crippen molar-refractivity contribution in [1.82, 2.24) is 8.61 Å². The number of hydrogen-bond acceptors (Lipinski definition) is 4. The molecule has 1 aliphatic rings. The molecule has 0 saturated carbocycles. The van der Waals surface area contributed by atoms with E-state index < -0.39 is 25.9 Å². The highest BCUT2D eigenvalue weighted by Gasteiger charge is 2.32. The van der Waals surface area contributed by atoms with Gasteiger partial charge in [0.05, 0.1) is 6.26 Å². The summed E-state index contributed by atoms with van der Waals surface area (Å²) in [5.74, 6) is -0.807. The van der Waals surface area contributed by atoms with Crippen molar-refractivity contribution in [3.8, 4) is 0 Å². The lowest BCUT2D eigenvalue weighted by atomic mass is 10.3. The first-order valence-corrected chi connectivity index (χ1v) is 9.21. The standard InChI is InChI=1S/C11H15FN2O4S2/c1-19(15,16)13-6-8-14(9-7-13)20(17,18)11-5-3-2-4-10(11)12/h2-5H,6-9H2,1H3. The maximum atomic E-state index is 13.6. The lowest BCUT2D eigenvalue weighted by Gasteiger charge is -2.32. The van der Waals surface area contributed by atoms with Gasteiger partial charge in [0, 0.05) is 26.2 Å². The summed E-state index contributed by atoms with van der Waals surface area (Å²) >= 11 is 0. The summed E-state index contributed by atoms with van der Waals surface area (Å²) in [5.41, 5.74) is 0. The van der Waals surface area contributed by atoms with Crippen molar-refractivity contribution < 1.29 is 21.2 Å². The number of halogens is 1. The van der Waals surface area contributed by atoms with E-state index in [2.05, 4.69) is 0 Å². The number of piperazine rings is 1. The number of benzene rings is 1. The molecule has 0 spiro atoms. The fourth-order valence-corrected chi connectivity index (χ4v) is 4.35. The lowest BCUT2D eigenvalue weighted by Crippen LogP contribution is -2.50. The van der Waals surface area contributed by atoms with Gasteiger partial charge in [0.15, 0.2) is 0 Å². The highest BCUT2D eigenvalue weighted by Crippen LogP contribution is 2.20. The molecule has 1 heterocycles. The number of nitrogens with zero attached hydrogens (tertiary/aromatic N) is 2. The third-order valence-corrected chi connectivity index (χ3v) is 6.36. The second-order valence-corrected chi connectivity index (χ2v) is 8.39. The topological polar surface area (TPSA) is 74.8 Å². The third-order valence-electron chi connectivity index (χ3n) is 3.12. The molecular formula is C11H15FN2O4S2. The van der Waals surface area contributed by atoms with Gasteiger partial charge >= 0.3 is 0 Å². The minimum atomic E-state index is -3.92. The predicted octanol–water partition coefficient (Wildman–Crippen LogP) is 0.0916. The van der Waals surface area contributed by atoms with Crippen LogP contribution in [-0.2, 0) is 20.0 Å². The quantitative estimate of drug-likeness (QED) is 0.790. The molecule has 20 heavy (non-hydrogen) atoms. The van der Waals surface area contributed by atoms with Crippen molar-refractivity contribution in [3.05, 3.63) is 30.1 Å². The summed E-state index contributed by atoms with van der Waals surface area (Å²) < 4.78 is 63.2. The van der Waals surface area contributed by atoms with Crippen molar-refractivity contribution in [2.45, 2.75) is 4.90 Å². The third kappa shape index (κ3) is 3.00. The summed E-state index contributed by atoms with van der Waals surface area (Å²) in [5, 5.41) is 0. The van der Waals surface area contributed by atoms with Gasteiger partial charge in [-0.05, 0) is 12.1 Å². The van der Waals surface area contributed by atoms with E-state index in [1.807, 2.05) is 0 Å². The highest BCUT2D eigenvalue weighted by atomic mass is 32.2. The van der Waals surface area contributed by atoms with Gasteiger partial charge in [-0.3, -0.25) is 0 Å². The second kappa shape index (κ2) is 5.40. The fourth-order valence-electron chi connectivity index (χ4n) is 2.03. The molecule has 1 saturated heterocycles. The molecule has 2 rings (SSSR count). The molecule has 1 aromatic rings. The van der Waals surface area contributed by atoms with Crippen LogP contribution < -0.4 is 0 Å². The van der Waals surface area contributed by atoms with Crippen LogP contribution in [0.5, 0.6) is 0 Å². The highest BCUT2D eigenvalue weighted by molar-refractivity contribution is 7.89. The second-order valence-electron chi connectivity index (χ2n) is 4.50. The van der Waals surface area contributed by atoms with Crippen LogP contribution >= 0.6 is 0 Å². The Morgan fingerprint density at radius 3 is 1.95 bits per heavy atom. The van der Waals surface area contributed by atoms with Gasteiger partial charge < -0.3 is 0 Å². The average Bonchev–Trinajstić information content (AvgIpc) is 2.38. The first-order valence-electron chi connectivity index (χ1n) is 5.93. The van der Waals surface area contributed by atoms with Crippen molar-refractivity contribution in [3.63, 3.8) is 0 Å². The van der Waals surface area contributed by atoms with Crippen molar-refractivity contribution in [1.29, 1.82) is 0 Å². The van der Waals surface area contributed by atoms with E-state index in [9.17, 15) is 21.2 Å². The van der Waals surface area contributed by atoms with Gasteiger partial charge in [0.25, 0.3) is 0 Å². The smallest absolute Gasteiger partial charge is 0.213 e. The van der Waals surface area contributed by atoms with Crippen LogP contribution in [0.1, 0.15) is 0 Å². The molecule has 112 valence electrons. The summed E-state index contributed by atoms with van der Waals surface area (Å²) in [4.78, 5) is -0.382.